The number of aromatic nitrogens is 2. The highest BCUT2D eigenvalue weighted by atomic mass is 35.5. The van der Waals surface area contributed by atoms with Crippen LogP contribution >= 0.6 is 23.2 Å². The number of pyridine rings is 1. The number of fused-ring (bicyclic) bond motifs is 1. The fraction of sp³-hybridized carbons (Fsp3) is 0.222. The first kappa shape index (κ1) is 8.85. The second kappa shape index (κ2) is 3.20. The van der Waals surface area contributed by atoms with Crippen LogP contribution in [-0.4, -0.2) is 9.38 Å². The van der Waals surface area contributed by atoms with Crippen LogP contribution in [0.5, 0.6) is 0 Å². The van der Waals surface area contributed by atoms with Gasteiger partial charge in [0, 0.05) is 12.4 Å². The summed E-state index contributed by atoms with van der Waals surface area (Å²) in [5.74, 6) is 0. The van der Waals surface area contributed by atoms with E-state index in [2.05, 4.69) is 4.98 Å². The lowest BCUT2D eigenvalue weighted by atomic mass is 10.3. The molecule has 0 saturated heterocycles. The van der Waals surface area contributed by atoms with Crippen molar-refractivity contribution in [3.05, 3.63) is 35.8 Å². The number of nitrogens with zero attached hydrogens (tertiary/aromatic N) is 2. The number of alkyl halides is 2. The van der Waals surface area contributed by atoms with Gasteiger partial charge >= 0.3 is 0 Å². The first-order valence-electron chi connectivity index (χ1n) is 3.90. The lowest BCUT2D eigenvalue weighted by Gasteiger charge is -1.93. The molecular formula is C9H8Cl2N2. The van der Waals surface area contributed by atoms with Crippen molar-refractivity contribution in [1.29, 1.82) is 0 Å². The summed E-state index contributed by atoms with van der Waals surface area (Å²) in [4.78, 5) is 3.70. The molecule has 0 aromatic carbocycles. The Balaban J connectivity index is 2.62. The lowest BCUT2D eigenvalue weighted by molar-refractivity contribution is 1.15. The van der Waals surface area contributed by atoms with E-state index in [0.717, 1.165) is 5.65 Å². The first-order chi connectivity index (χ1) is 6.16. The zero-order valence-electron chi connectivity index (χ0n) is 7.04. The number of rotatable bonds is 1. The van der Waals surface area contributed by atoms with Crippen molar-refractivity contribution in [2.45, 2.75) is 11.8 Å². The van der Waals surface area contributed by atoms with E-state index in [1.54, 1.807) is 0 Å². The second-order valence-corrected chi connectivity index (χ2v) is 4.03. The van der Waals surface area contributed by atoms with Gasteiger partial charge in [-0.05, 0) is 18.6 Å². The Morgan fingerprint density at radius 2 is 2.08 bits per heavy atom. The van der Waals surface area contributed by atoms with Gasteiger partial charge in [-0.3, -0.25) is 0 Å². The van der Waals surface area contributed by atoms with Crippen LogP contribution in [0, 0.1) is 6.92 Å². The quantitative estimate of drug-likeness (QED) is 0.668. The fourth-order valence-corrected chi connectivity index (χ4v) is 1.44. The second-order valence-electron chi connectivity index (χ2n) is 2.94. The van der Waals surface area contributed by atoms with Gasteiger partial charge in [0.25, 0.3) is 0 Å². The van der Waals surface area contributed by atoms with Crippen molar-refractivity contribution < 1.29 is 0 Å². The normalized spacial score (nSPS) is 11.4. The van der Waals surface area contributed by atoms with Gasteiger partial charge in [-0.2, -0.15) is 0 Å². The smallest absolute Gasteiger partial charge is 0.151 e. The molecule has 2 nitrogen and oxygen atoms in total. The number of halogens is 2. The molecule has 13 heavy (non-hydrogen) atoms. The molecule has 4 heteroatoms. The fourth-order valence-electron chi connectivity index (χ4n) is 1.23. The third kappa shape index (κ3) is 1.64. The predicted molar refractivity (Wildman–Crippen MR) is 54.4 cm³/mol. The zero-order chi connectivity index (χ0) is 9.42. The molecule has 0 aliphatic carbocycles. The number of imidazole rings is 1. The molecule has 0 atom stereocenters. The van der Waals surface area contributed by atoms with Crippen LogP contribution in [0.1, 0.15) is 16.1 Å². The summed E-state index contributed by atoms with van der Waals surface area (Å²) >= 11 is 11.4. The average molecular weight is 215 g/mol. The summed E-state index contributed by atoms with van der Waals surface area (Å²) in [5, 5.41) is 0. The molecule has 2 rings (SSSR count). The molecule has 0 unspecified atom stereocenters. The molecule has 0 N–H and O–H groups in total. The molecule has 0 aliphatic rings. The molecule has 2 aromatic rings. The number of hydrogen-bond donors (Lipinski definition) is 0. The van der Waals surface area contributed by atoms with Crippen molar-refractivity contribution >= 4 is 28.8 Å². The molecule has 0 spiro atoms. The van der Waals surface area contributed by atoms with Gasteiger partial charge in [0.05, 0.1) is 5.69 Å². The SMILES string of the molecule is Cc1ccc2nc(C(Cl)Cl)cn2c1. The maximum Gasteiger partial charge on any atom is 0.151 e. The highest BCUT2D eigenvalue weighted by Gasteiger charge is 2.07. The minimum atomic E-state index is -0.555. The Bertz CT molecular complexity index is 434. The van der Waals surface area contributed by atoms with Crippen LogP contribution in [0.25, 0.3) is 5.65 Å². The molecule has 2 aromatic heterocycles. The van der Waals surface area contributed by atoms with Crippen molar-refractivity contribution in [1.82, 2.24) is 9.38 Å². The first-order valence-corrected chi connectivity index (χ1v) is 4.77. The standard InChI is InChI=1S/C9H8Cl2N2/c1-6-2-3-8-12-7(9(10)11)5-13(8)4-6/h2-5,9H,1H3. The average Bonchev–Trinajstić information content (AvgIpc) is 2.46. The minimum Gasteiger partial charge on any atom is -0.306 e. The largest absolute Gasteiger partial charge is 0.306 e. The molecule has 0 fully saturated rings. The van der Waals surface area contributed by atoms with E-state index in [1.807, 2.05) is 35.9 Å². The zero-order valence-corrected chi connectivity index (χ0v) is 8.55. The Morgan fingerprint density at radius 3 is 2.77 bits per heavy atom. The Morgan fingerprint density at radius 1 is 1.31 bits per heavy atom. The van der Waals surface area contributed by atoms with Crippen molar-refractivity contribution in [2.24, 2.45) is 0 Å². The summed E-state index contributed by atoms with van der Waals surface area (Å²) in [6.45, 7) is 2.03. The van der Waals surface area contributed by atoms with Crippen LogP contribution in [-0.2, 0) is 0 Å². The van der Waals surface area contributed by atoms with Crippen molar-refractivity contribution in [3.63, 3.8) is 0 Å². The number of hydrogen-bond acceptors (Lipinski definition) is 1. The summed E-state index contributed by atoms with van der Waals surface area (Å²) in [6.07, 6.45) is 3.83. The van der Waals surface area contributed by atoms with Crippen LogP contribution in [0.3, 0.4) is 0 Å². The van der Waals surface area contributed by atoms with Crippen LogP contribution in [0.4, 0.5) is 0 Å². The third-order valence-corrected chi connectivity index (χ3v) is 2.29. The van der Waals surface area contributed by atoms with E-state index in [4.69, 9.17) is 23.2 Å². The Labute approximate surface area is 86.1 Å². The van der Waals surface area contributed by atoms with Crippen LogP contribution in [0.2, 0.25) is 0 Å². The summed E-state index contributed by atoms with van der Waals surface area (Å²) in [6, 6.07) is 3.94. The molecule has 0 saturated carbocycles. The molecule has 0 radical (unpaired) electrons. The highest BCUT2D eigenvalue weighted by Crippen LogP contribution is 2.23. The van der Waals surface area contributed by atoms with Crippen LogP contribution in [0.15, 0.2) is 24.5 Å². The monoisotopic (exact) mass is 214 g/mol. The van der Waals surface area contributed by atoms with Gasteiger partial charge in [-0.15, -0.1) is 0 Å². The van der Waals surface area contributed by atoms with Crippen molar-refractivity contribution in [3.8, 4) is 0 Å². The molecule has 68 valence electrons. The molecular weight excluding hydrogens is 207 g/mol. The maximum absolute atomic E-state index is 5.70. The highest BCUT2D eigenvalue weighted by molar-refractivity contribution is 6.43. The number of aryl methyl sites for hydroxylation is 1. The van der Waals surface area contributed by atoms with Gasteiger partial charge in [0.1, 0.15) is 5.65 Å². The Kier molecular flexibility index (Phi) is 2.18. The van der Waals surface area contributed by atoms with Crippen molar-refractivity contribution in [2.75, 3.05) is 0 Å². The van der Waals surface area contributed by atoms with E-state index >= 15 is 0 Å². The van der Waals surface area contributed by atoms with Gasteiger partial charge in [0.2, 0.25) is 0 Å². The topological polar surface area (TPSA) is 17.3 Å². The summed E-state index contributed by atoms with van der Waals surface area (Å²) in [5.41, 5.74) is 2.73. The minimum absolute atomic E-state index is 0.555. The summed E-state index contributed by atoms with van der Waals surface area (Å²) < 4.78 is 1.92. The van der Waals surface area contributed by atoms with E-state index < -0.39 is 4.84 Å². The van der Waals surface area contributed by atoms with E-state index in [9.17, 15) is 0 Å². The van der Waals surface area contributed by atoms with E-state index in [0.29, 0.717) is 5.69 Å². The summed E-state index contributed by atoms with van der Waals surface area (Å²) in [7, 11) is 0. The lowest BCUT2D eigenvalue weighted by Crippen LogP contribution is -1.82. The van der Waals surface area contributed by atoms with Gasteiger partial charge in [0.15, 0.2) is 4.84 Å². The van der Waals surface area contributed by atoms with Crippen LogP contribution < -0.4 is 0 Å². The van der Waals surface area contributed by atoms with Gasteiger partial charge in [-0.25, -0.2) is 4.98 Å². The molecule has 2 heterocycles. The molecule has 0 aliphatic heterocycles. The Hall–Kier alpha value is -0.730. The van der Waals surface area contributed by atoms with Gasteiger partial charge in [-0.1, -0.05) is 29.3 Å². The molecule has 0 bridgehead atoms. The third-order valence-electron chi connectivity index (χ3n) is 1.84. The van der Waals surface area contributed by atoms with Gasteiger partial charge < -0.3 is 4.40 Å². The maximum atomic E-state index is 5.70. The van der Waals surface area contributed by atoms with E-state index in [1.165, 1.54) is 5.56 Å². The van der Waals surface area contributed by atoms with E-state index in [-0.39, 0.29) is 0 Å². The predicted octanol–water partition coefficient (Wildman–Crippen LogP) is 3.12. The molecule has 0 amide bonds.